The maximum Gasteiger partial charge on any atom is 0.201 e. The zero-order valence-electron chi connectivity index (χ0n) is 9.81. The van der Waals surface area contributed by atoms with Crippen LogP contribution in [0.4, 0.5) is 5.95 Å². The molecule has 5 nitrogen and oxygen atoms in total. The lowest BCUT2D eigenvalue weighted by Gasteiger charge is -2.13. The van der Waals surface area contributed by atoms with Gasteiger partial charge in [-0.2, -0.15) is 0 Å². The maximum absolute atomic E-state index is 6.01. The van der Waals surface area contributed by atoms with Crippen LogP contribution in [-0.4, -0.2) is 29.8 Å². The summed E-state index contributed by atoms with van der Waals surface area (Å²) < 4.78 is 7.36. The van der Waals surface area contributed by atoms with Gasteiger partial charge in [0.2, 0.25) is 5.95 Å². The number of aromatic nitrogens is 2. The fourth-order valence-electron chi connectivity index (χ4n) is 2.46. The van der Waals surface area contributed by atoms with E-state index in [4.69, 9.17) is 10.5 Å². The summed E-state index contributed by atoms with van der Waals surface area (Å²) in [5, 5.41) is 3.35. The molecule has 0 bridgehead atoms. The average Bonchev–Trinajstić information content (AvgIpc) is 2.93. The predicted molar refractivity (Wildman–Crippen MR) is 67.2 cm³/mol. The quantitative estimate of drug-likeness (QED) is 0.815. The number of hydrogen-bond acceptors (Lipinski definition) is 4. The average molecular weight is 232 g/mol. The second-order valence-electron chi connectivity index (χ2n) is 4.34. The van der Waals surface area contributed by atoms with Crippen molar-refractivity contribution in [3.05, 3.63) is 18.2 Å². The highest BCUT2D eigenvalue weighted by atomic mass is 16.5. The summed E-state index contributed by atoms with van der Waals surface area (Å²) in [7, 11) is 1.67. The highest BCUT2D eigenvalue weighted by Crippen LogP contribution is 2.28. The molecule has 1 aromatic carbocycles. The van der Waals surface area contributed by atoms with Crippen molar-refractivity contribution in [2.24, 2.45) is 0 Å². The molecule has 0 amide bonds. The molecule has 3 N–H and O–H groups in total. The van der Waals surface area contributed by atoms with Crippen LogP contribution in [-0.2, 0) is 0 Å². The lowest BCUT2D eigenvalue weighted by Crippen LogP contribution is -2.15. The molecule has 1 aromatic heterocycles. The number of methoxy groups -OCH3 is 1. The first-order valence-corrected chi connectivity index (χ1v) is 5.82. The molecular weight excluding hydrogens is 216 g/mol. The van der Waals surface area contributed by atoms with Crippen LogP contribution in [0.1, 0.15) is 12.5 Å². The number of hydrogen-bond donors (Lipinski definition) is 2. The highest BCUT2D eigenvalue weighted by Gasteiger charge is 2.21. The van der Waals surface area contributed by atoms with Gasteiger partial charge >= 0.3 is 0 Å². The first-order valence-electron chi connectivity index (χ1n) is 5.82. The third-order valence-electron chi connectivity index (χ3n) is 3.32. The van der Waals surface area contributed by atoms with Gasteiger partial charge in [0.05, 0.1) is 24.2 Å². The Morgan fingerprint density at radius 3 is 3.12 bits per heavy atom. The summed E-state index contributed by atoms with van der Waals surface area (Å²) in [5.74, 6) is 1.42. The van der Waals surface area contributed by atoms with E-state index in [1.807, 2.05) is 18.2 Å². The number of nitrogens with zero attached hydrogens (tertiary/aromatic N) is 2. The number of anilines is 1. The summed E-state index contributed by atoms with van der Waals surface area (Å²) in [4.78, 5) is 4.39. The highest BCUT2D eigenvalue weighted by molar-refractivity contribution is 5.80. The Kier molecular flexibility index (Phi) is 2.40. The molecule has 1 atom stereocenters. The van der Waals surface area contributed by atoms with Gasteiger partial charge in [0.15, 0.2) is 0 Å². The van der Waals surface area contributed by atoms with Crippen molar-refractivity contribution in [2.45, 2.75) is 12.5 Å². The summed E-state index contributed by atoms with van der Waals surface area (Å²) >= 11 is 0. The fourth-order valence-corrected chi connectivity index (χ4v) is 2.46. The molecular formula is C12H16N4O. The van der Waals surface area contributed by atoms with Crippen LogP contribution in [0.2, 0.25) is 0 Å². The van der Waals surface area contributed by atoms with Gasteiger partial charge in [-0.25, -0.2) is 4.98 Å². The summed E-state index contributed by atoms with van der Waals surface area (Å²) in [6.07, 6.45) is 1.09. The predicted octanol–water partition coefficient (Wildman–Crippen LogP) is 1.16. The molecule has 1 aliphatic heterocycles. The van der Waals surface area contributed by atoms with E-state index in [0.29, 0.717) is 12.0 Å². The first-order chi connectivity index (χ1) is 8.29. The molecule has 2 heterocycles. The smallest absolute Gasteiger partial charge is 0.201 e. The molecule has 0 radical (unpaired) electrons. The van der Waals surface area contributed by atoms with Crippen LogP contribution in [0.25, 0.3) is 11.0 Å². The number of ether oxygens (including phenoxy) is 1. The van der Waals surface area contributed by atoms with E-state index in [1.54, 1.807) is 7.11 Å². The van der Waals surface area contributed by atoms with E-state index in [9.17, 15) is 0 Å². The van der Waals surface area contributed by atoms with Crippen molar-refractivity contribution in [3.63, 3.8) is 0 Å². The van der Waals surface area contributed by atoms with Crippen LogP contribution in [0.5, 0.6) is 5.75 Å². The fraction of sp³-hybridized carbons (Fsp3) is 0.417. The lowest BCUT2D eigenvalue weighted by molar-refractivity contribution is 0.415. The van der Waals surface area contributed by atoms with Crippen molar-refractivity contribution in [2.75, 3.05) is 25.9 Å². The molecule has 0 spiro atoms. The normalized spacial score (nSPS) is 19.9. The summed E-state index contributed by atoms with van der Waals surface area (Å²) in [6, 6.07) is 6.25. The zero-order valence-corrected chi connectivity index (χ0v) is 9.81. The van der Waals surface area contributed by atoms with E-state index in [1.165, 1.54) is 0 Å². The topological polar surface area (TPSA) is 65.1 Å². The second kappa shape index (κ2) is 3.92. The van der Waals surface area contributed by atoms with Crippen LogP contribution in [0, 0.1) is 0 Å². The van der Waals surface area contributed by atoms with Crippen molar-refractivity contribution < 1.29 is 4.74 Å². The molecule has 5 heteroatoms. The van der Waals surface area contributed by atoms with Gasteiger partial charge in [-0.05, 0) is 25.1 Å². The molecule has 0 aliphatic carbocycles. The largest absolute Gasteiger partial charge is 0.497 e. The summed E-state index contributed by atoms with van der Waals surface area (Å²) in [5.41, 5.74) is 7.99. The Bertz CT molecular complexity index is 543. The number of nitrogens with one attached hydrogen (secondary N) is 1. The van der Waals surface area contributed by atoms with Gasteiger partial charge in [0.25, 0.3) is 0 Å². The third kappa shape index (κ3) is 1.63. The van der Waals surface area contributed by atoms with Gasteiger partial charge in [-0.1, -0.05) is 0 Å². The number of nitrogen functional groups attached to an aromatic ring is 1. The standard InChI is InChI=1S/C12H16N4O/c1-17-9-2-3-10-11(6-9)16(12(13)15-10)8-4-5-14-7-8/h2-3,6,8,14H,4-5,7H2,1H3,(H2,13,15). The molecule has 0 saturated carbocycles. The van der Waals surface area contributed by atoms with Crippen LogP contribution in [0.15, 0.2) is 18.2 Å². The lowest BCUT2D eigenvalue weighted by atomic mass is 10.2. The molecule has 2 aromatic rings. The number of imidazole rings is 1. The van der Waals surface area contributed by atoms with E-state index in [-0.39, 0.29) is 0 Å². The Morgan fingerprint density at radius 2 is 2.41 bits per heavy atom. The molecule has 1 unspecified atom stereocenters. The van der Waals surface area contributed by atoms with E-state index in [0.717, 1.165) is 36.3 Å². The van der Waals surface area contributed by atoms with Gasteiger partial charge < -0.3 is 20.4 Å². The second-order valence-corrected chi connectivity index (χ2v) is 4.34. The van der Waals surface area contributed by atoms with E-state index < -0.39 is 0 Å². The Labute approximate surface area is 99.6 Å². The van der Waals surface area contributed by atoms with Crippen molar-refractivity contribution in [1.82, 2.24) is 14.9 Å². The summed E-state index contributed by atoms with van der Waals surface area (Å²) in [6.45, 7) is 1.99. The Hall–Kier alpha value is -1.75. The minimum absolute atomic E-state index is 0.395. The number of nitrogens with two attached hydrogens (primary N) is 1. The Morgan fingerprint density at radius 1 is 1.53 bits per heavy atom. The number of rotatable bonds is 2. The first kappa shape index (κ1) is 10.4. The van der Waals surface area contributed by atoms with Crippen LogP contribution < -0.4 is 15.8 Å². The molecule has 1 fully saturated rings. The van der Waals surface area contributed by atoms with Crippen molar-refractivity contribution in [1.29, 1.82) is 0 Å². The molecule has 17 heavy (non-hydrogen) atoms. The molecule has 3 rings (SSSR count). The SMILES string of the molecule is COc1ccc2nc(N)n(C3CCNC3)c2c1. The van der Waals surface area contributed by atoms with Crippen LogP contribution >= 0.6 is 0 Å². The minimum atomic E-state index is 0.395. The van der Waals surface area contributed by atoms with Crippen LogP contribution in [0.3, 0.4) is 0 Å². The molecule has 90 valence electrons. The van der Waals surface area contributed by atoms with Crippen molar-refractivity contribution in [3.8, 4) is 5.75 Å². The minimum Gasteiger partial charge on any atom is -0.497 e. The van der Waals surface area contributed by atoms with E-state index in [2.05, 4.69) is 14.9 Å². The monoisotopic (exact) mass is 232 g/mol. The maximum atomic E-state index is 6.01. The zero-order chi connectivity index (χ0) is 11.8. The Balaban J connectivity index is 2.17. The van der Waals surface area contributed by atoms with Gasteiger partial charge in [0.1, 0.15) is 5.75 Å². The van der Waals surface area contributed by atoms with Gasteiger partial charge in [0, 0.05) is 12.6 Å². The number of fused-ring (bicyclic) bond motifs is 1. The van der Waals surface area contributed by atoms with E-state index >= 15 is 0 Å². The van der Waals surface area contributed by atoms with Crippen molar-refractivity contribution >= 4 is 17.0 Å². The van der Waals surface area contributed by atoms with Gasteiger partial charge in [-0.15, -0.1) is 0 Å². The molecule has 1 saturated heterocycles. The molecule has 1 aliphatic rings. The number of benzene rings is 1. The van der Waals surface area contributed by atoms with Gasteiger partial charge in [-0.3, -0.25) is 0 Å². The third-order valence-corrected chi connectivity index (χ3v) is 3.32.